The number of aliphatic hydroxyl groups is 15. The van der Waals surface area contributed by atoms with Crippen molar-refractivity contribution < 1.29 is 113 Å². The Balaban J connectivity index is 0.000000117. The van der Waals surface area contributed by atoms with E-state index in [2.05, 4.69) is 61.2 Å². The molecule has 21 rings (SSSR count). The summed E-state index contributed by atoms with van der Waals surface area (Å²) in [5.41, 5.74) is 15.3. The molecule has 6 aliphatic heterocycles. The third-order valence-corrected chi connectivity index (χ3v) is 25.8. The standard InChI is InChI=1S/C22H25N3O4.C19H20FN3O5.C17H16ClFN4O3.C17H15ClFN3O4.C17H18N4O5/c1-12-5-9-24-21-14(12)7-10-25(21)22-19(28)18(27)20(29-22)17(26)15-4-2-3-13-6-8-23-11-16(13)15;1-9-12-4-5-23(18(12)22-8-21-9)19-16(27)15(26)17(28-19)14(25)10-2-3-13(20)11(6-10)7-24;18-10-2-1-8(5-11(10)19)12(20)15-13(24)14(25)17(26-15)23-4-3-9-6-21-7-22-16(9)23;18-10-2-1-8(5-11(10)19)12(23)15-13(24)14(25)17(26-15)22-4-3-9-6-20-7-21-16(9)22;1-8-9-5-6-21(16(9)19-7-18-8)17-14(25)13(24)15(26-17)12(23)10-3-2-4-11(22)20-10/h2-5,7,9-10,17-20,22-23,26-28H,6,8,11H2,1H3;2-6,8,14-17,19,24-27H,7H2,1H3;1-7,12-15,17,24-25H,20H2;1-7,12-15,17,23-25H;2-7,12-15,17,23-25H,1H3,(H,20,22)/t17-,18+,19-,20-,22-;14-,15+,16-,17-,19-;3*12-,13+,14-,15-,17-/m11111/s1. The predicted molar refractivity (Wildman–Crippen MR) is 474 cm³/mol. The largest absolute Gasteiger partial charge is 0.392 e. The summed E-state index contributed by atoms with van der Waals surface area (Å²) < 4.78 is 78.2. The van der Waals surface area contributed by atoms with Gasteiger partial charge in [0, 0.05) is 100 Å². The number of hydrogen-bond donors (Lipinski definition) is 18. The predicted octanol–water partition coefficient (Wildman–Crippen LogP) is 4.97. The van der Waals surface area contributed by atoms with Crippen molar-refractivity contribution in [2.45, 2.75) is 194 Å². The van der Waals surface area contributed by atoms with Crippen LogP contribution in [0.2, 0.25) is 10.0 Å². The van der Waals surface area contributed by atoms with E-state index in [1.54, 1.807) is 103 Å². The molecule has 0 spiro atoms. The van der Waals surface area contributed by atoms with Gasteiger partial charge in [-0.25, -0.2) is 58.0 Å². The number of H-pyrrole nitrogens is 1. The first-order valence-electron chi connectivity index (χ1n) is 42.8. The number of nitrogens with one attached hydrogen (secondary N) is 2. The van der Waals surface area contributed by atoms with Crippen LogP contribution in [0.4, 0.5) is 13.2 Å². The molecule has 135 heavy (non-hydrogen) atoms. The Morgan fingerprint density at radius 3 is 1.37 bits per heavy atom. The number of nitrogens with zero attached hydrogens (tertiary/aromatic N) is 14. The summed E-state index contributed by atoms with van der Waals surface area (Å²) in [4.78, 5) is 51.2. The van der Waals surface area contributed by atoms with Gasteiger partial charge < -0.3 is 139 Å². The zero-order chi connectivity index (χ0) is 95.4. The third kappa shape index (κ3) is 18.6. The fraction of sp³-hybridized carbons (Fsp3) is 0.348. The van der Waals surface area contributed by atoms with Crippen molar-refractivity contribution in [2.24, 2.45) is 5.73 Å². The molecule has 43 heteroatoms. The first-order valence-corrected chi connectivity index (χ1v) is 43.5. The monoisotopic (exact) mass is 1900 g/mol. The summed E-state index contributed by atoms with van der Waals surface area (Å²) in [6.45, 7) is 6.71. The Labute approximate surface area is 773 Å². The Hall–Kier alpha value is -11.5. The summed E-state index contributed by atoms with van der Waals surface area (Å²) in [5.74, 6) is -1.91. The average Bonchev–Trinajstić information content (AvgIpc) is 1.62. The summed E-state index contributed by atoms with van der Waals surface area (Å²) in [6.07, 6.45) is -7.93. The summed E-state index contributed by atoms with van der Waals surface area (Å²) >= 11 is 11.3. The lowest BCUT2D eigenvalue weighted by atomic mass is 9.90. The van der Waals surface area contributed by atoms with Crippen molar-refractivity contribution in [3.05, 3.63) is 302 Å². The molecule has 25 atom stereocenters. The molecule has 0 saturated carbocycles. The highest BCUT2D eigenvalue weighted by Crippen LogP contribution is 2.45. The molecule has 0 amide bonds. The molecule has 0 aliphatic carbocycles. The van der Waals surface area contributed by atoms with E-state index in [4.69, 9.17) is 52.6 Å². The van der Waals surface area contributed by atoms with Gasteiger partial charge in [0.05, 0.1) is 34.1 Å². The number of halogens is 5. The Morgan fingerprint density at radius 2 is 0.867 bits per heavy atom. The number of nitrogens with two attached hydrogens (primary N) is 1. The van der Waals surface area contributed by atoms with E-state index in [1.807, 2.05) is 45.0 Å². The first-order chi connectivity index (χ1) is 64.9. The molecule has 4 aromatic carbocycles. The van der Waals surface area contributed by atoms with Crippen LogP contribution in [-0.2, 0) is 43.3 Å². The fourth-order valence-electron chi connectivity index (χ4n) is 17.8. The zero-order valence-electron chi connectivity index (χ0n) is 71.7. The maximum Gasteiger partial charge on any atom is 0.248 e. The van der Waals surface area contributed by atoms with Gasteiger partial charge in [-0.15, -0.1) is 0 Å². The molecule has 15 aromatic rings. The van der Waals surface area contributed by atoms with Crippen molar-refractivity contribution in [1.29, 1.82) is 0 Å². The summed E-state index contributed by atoms with van der Waals surface area (Å²) in [7, 11) is 0. The van der Waals surface area contributed by atoms with Gasteiger partial charge in [-0.3, -0.25) is 4.79 Å². The van der Waals surface area contributed by atoms with Crippen molar-refractivity contribution in [3.8, 4) is 0 Å². The Morgan fingerprint density at radius 1 is 0.444 bits per heavy atom. The number of pyridine rings is 2. The van der Waals surface area contributed by atoms with Gasteiger partial charge in [0.1, 0.15) is 187 Å². The number of hydrogen-bond acceptors (Lipinski definition) is 32. The van der Waals surface area contributed by atoms with E-state index in [0.717, 1.165) is 80.1 Å². The molecular formula is C92H94Cl2F3N17O21. The van der Waals surface area contributed by atoms with Gasteiger partial charge in [-0.1, -0.05) is 65.7 Å². The molecule has 0 unspecified atom stereocenters. The molecule has 5 fully saturated rings. The number of aliphatic hydroxyl groups excluding tert-OH is 15. The van der Waals surface area contributed by atoms with Crippen molar-refractivity contribution in [1.82, 2.24) is 78.0 Å². The smallest absolute Gasteiger partial charge is 0.248 e. The van der Waals surface area contributed by atoms with E-state index in [0.29, 0.717) is 40.3 Å². The van der Waals surface area contributed by atoms with Crippen LogP contribution in [0.15, 0.2) is 207 Å². The van der Waals surface area contributed by atoms with Gasteiger partial charge in [0.25, 0.3) is 0 Å². The van der Waals surface area contributed by atoms with Gasteiger partial charge in [0.15, 0.2) is 31.1 Å². The topological polar surface area (TPSA) is 561 Å². The molecule has 0 radical (unpaired) electrons. The number of ether oxygens (including phenoxy) is 5. The lowest BCUT2D eigenvalue weighted by Crippen LogP contribution is -2.38. The summed E-state index contributed by atoms with van der Waals surface area (Å²) in [5, 5.41) is 164. The first kappa shape index (κ1) is 95.2. The number of benzene rings is 4. The third-order valence-electron chi connectivity index (χ3n) is 25.2. The highest BCUT2D eigenvalue weighted by atomic mass is 35.5. The molecular weight excluding hydrogens is 1810 g/mol. The van der Waals surface area contributed by atoms with Crippen LogP contribution in [-0.4, -0.2) is 247 Å². The van der Waals surface area contributed by atoms with E-state index >= 15 is 0 Å². The van der Waals surface area contributed by atoms with Gasteiger partial charge in [-0.2, -0.15) is 0 Å². The minimum absolute atomic E-state index is 0.0183. The SMILES string of the molecule is Cc1ccnc2c1ccn2[C@@H]1O[C@H]([C@H](O)c2cccc3c2CNCC3)[C@@H](O)[C@H]1O.Cc1ncnc2c1ccn2[C@@H]1O[C@H]([C@H](O)c2ccc(F)c(CO)c2)[C@@H](O)[C@H]1O.Cc1ncnc2c1ccn2[C@@H]1O[C@H]([C@H](O)c2cccc(=O)[nH]2)[C@@H](O)[C@H]1O.N[C@H](c1ccc(Cl)c(F)c1)[C@H]1O[C@@H](n2ccc3cncnc32)[C@H](O)[C@@H]1O.O[C@@H]1[C@H](O)[C@@H]([C@H](O)c2ccc(Cl)c(F)c2)O[C@H]1n1ccc2cncnc21. The molecule has 17 heterocycles. The van der Waals surface area contributed by atoms with Crippen LogP contribution in [0, 0.1) is 38.2 Å². The zero-order valence-corrected chi connectivity index (χ0v) is 73.2. The Kier molecular flexibility index (Phi) is 28.2. The highest BCUT2D eigenvalue weighted by Gasteiger charge is 2.53. The second-order valence-electron chi connectivity index (χ2n) is 33.4. The lowest BCUT2D eigenvalue weighted by molar-refractivity contribution is -0.0860. The van der Waals surface area contributed by atoms with Crippen LogP contribution in [0.3, 0.4) is 0 Å². The maximum atomic E-state index is 13.7. The molecule has 38 nitrogen and oxygen atoms in total. The van der Waals surface area contributed by atoms with Crippen molar-refractivity contribution in [2.75, 3.05) is 6.54 Å². The van der Waals surface area contributed by atoms with E-state index < -0.39 is 177 Å². The molecule has 0 bridgehead atoms. The lowest BCUT2D eigenvalue weighted by Gasteiger charge is -2.27. The number of aromatic amines is 1. The molecule has 11 aromatic heterocycles. The normalized spacial score (nSPS) is 27.1. The molecule has 6 aliphatic rings. The van der Waals surface area contributed by atoms with Crippen molar-refractivity contribution >= 4 is 78.4 Å². The molecule has 708 valence electrons. The maximum absolute atomic E-state index is 13.7. The average molecular weight is 1900 g/mol. The van der Waals surface area contributed by atoms with Gasteiger partial charge in [0.2, 0.25) is 5.56 Å². The minimum Gasteiger partial charge on any atom is -0.392 e. The van der Waals surface area contributed by atoms with Crippen LogP contribution in [0.1, 0.15) is 123 Å². The van der Waals surface area contributed by atoms with Gasteiger partial charge >= 0.3 is 0 Å². The second kappa shape index (κ2) is 40.0. The van der Waals surface area contributed by atoms with Crippen LogP contribution in [0.25, 0.3) is 55.2 Å². The van der Waals surface area contributed by atoms with Crippen LogP contribution >= 0.6 is 23.2 Å². The minimum atomic E-state index is -1.39. The number of fused-ring (bicyclic) bond motifs is 6. The van der Waals surface area contributed by atoms with E-state index in [-0.39, 0.29) is 38.0 Å². The number of aromatic nitrogens is 15. The second-order valence-corrected chi connectivity index (χ2v) is 34.2. The number of aryl methyl sites for hydroxylation is 3. The van der Waals surface area contributed by atoms with Crippen LogP contribution < -0.4 is 16.6 Å². The van der Waals surface area contributed by atoms with E-state index in [1.165, 1.54) is 85.5 Å². The highest BCUT2D eigenvalue weighted by molar-refractivity contribution is 6.31. The molecule has 19 N–H and O–H groups in total. The van der Waals surface area contributed by atoms with Crippen LogP contribution in [0.5, 0.6) is 0 Å². The summed E-state index contributed by atoms with van der Waals surface area (Å²) in [6, 6.07) is 32.0. The quantitative estimate of drug-likeness (QED) is 0.0607. The Bertz CT molecular complexity index is 6670. The molecule has 5 saturated heterocycles. The van der Waals surface area contributed by atoms with Gasteiger partial charge in [-0.05, 0) is 152 Å². The van der Waals surface area contributed by atoms with E-state index in [9.17, 15) is 94.6 Å². The fourth-order valence-corrected chi connectivity index (χ4v) is 18.1. The van der Waals surface area contributed by atoms with Crippen molar-refractivity contribution in [3.63, 3.8) is 0 Å². The number of rotatable bonds is 16.